The van der Waals surface area contributed by atoms with Crippen LogP contribution in [0.1, 0.15) is 0 Å². The van der Waals surface area contributed by atoms with Gasteiger partial charge in [-0.05, 0) is 12.1 Å². The topological polar surface area (TPSA) is 32.9 Å². The van der Waals surface area contributed by atoms with Crippen LogP contribution in [0.15, 0.2) is 24.5 Å². The van der Waals surface area contributed by atoms with Crippen molar-refractivity contribution in [3.05, 3.63) is 24.5 Å². The average Bonchev–Trinajstić information content (AvgIpc) is 2.23. The van der Waals surface area contributed by atoms with Crippen LogP contribution in [0.3, 0.4) is 0 Å². The van der Waals surface area contributed by atoms with Crippen molar-refractivity contribution in [3.63, 3.8) is 0 Å². The van der Waals surface area contributed by atoms with Gasteiger partial charge in [0.1, 0.15) is 0 Å². The third-order valence-corrected chi connectivity index (χ3v) is 0.496. The molecule has 3 heteroatoms. The van der Waals surface area contributed by atoms with Crippen molar-refractivity contribution in [1.29, 1.82) is 0 Å². The molecule has 0 aliphatic rings. The van der Waals surface area contributed by atoms with Crippen LogP contribution in [0.2, 0.25) is 0 Å². The molecule has 1 aromatic rings. The van der Waals surface area contributed by atoms with E-state index in [-0.39, 0.29) is 0 Å². The zero-order chi connectivity index (χ0) is 5.54. The molecule has 0 radical (unpaired) electrons. The second-order valence-electron chi connectivity index (χ2n) is 0.885. The maximum absolute atomic E-state index is 8.00. The van der Waals surface area contributed by atoms with Crippen LogP contribution in [0.5, 0.6) is 0 Å². The minimum atomic E-state index is 1.88. The standard InChI is InChI=1S/C4H5N.Fe.O/c1-2-4-5-3-1;;/h1-5H;;. The second kappa shape index (κ2) is 5.60. The van der Waals surface area contributed by atoms with Crippen molar-refractivity contribution >= 4 is 0 Å². The molecule has 0 unspecified atom stereocenters. The molecule has 40 valence electrons. The molecule has 0 saturated carbocycles. The molecule has 1 N–H and O–H groups in total. The summed E-state index contributed by atoms with van der Waals surface area (Å²) in [4.78, 5) is 2.86. The number of rotatable bonds is 0. The van der Waals surface area contributed by atoms with E-state index in [1.54, 1.807) is 0 Å². The van der Waals surface area contributed by atoms with Gasteiger partial charge in [-0.3, -0.25) is 0 Å². The normalized spacial score (nSPS) is 6.43. The number of hydrogen-bond donors (Lipinski definition) is 1. The Hall–Kier alpha value is -0.401. The van der Waals surface area contributed by atoms with Gasteiger partial charge in [-0.15, -0.1) is 0 Å². The molecule has 0 aliphatic carbocycles. The molecular weight excluding hydrogens is 134 g/mol. The van der Waals surface area contributed by atoms with Crippen LogP contribution in [0.25, 0.3) is 0 Å². The predicted octanol–water partition coefficient (Wildman–Crippen LogP) is 0.893. The molecule has 0 saturated heterocycles. The Morgan fingerprint density at radius 1 is 1.14 bits per heavy atom. The van der Waals surface area contributed by atoms with Crippen molar-refractivity contribution in [2.45, 2.75) is 0 Å². The number of aromatic nitrogens is 1. The largest absolute Gasteiger partial charge is 0.368 e. The Morgan fingerprint density at radius 2 is 1.57 bits per heavy atom. The second-order valence-corrected chi connectivity index (χ2v) is 0.885. The van der Waals surface area contributed by atoms with Gasteiger partial charge in [0.2, 0.25) is 0 Å². The number of nitrogens with one attached hydrogen (secondary N) is 1. The van der Waals surface area contributed by atoms with Crippen molar-refractivity contribution in [1.82, 2.24) is 4.98 Å². The Kier molecular flexibility index (Phi) is 5.28. The van der Waals surface area contributed by atoms with Crippen LogP contribution < -0.4 is 0 Å². The Bertz CT molecular complexity index is 78.6. The van der Waals surface area contributed by atoms with Crippen molar-refractivity contribution in [3.8, 4) is 0 Å². The van der Waals surface area contributed by atoms with Crippen molar-refractivity contribution in [2.24, 2.45) is 0 Å². The molecular formula is C4H5FeNO. The van der Waals surface area contributed by atoms with Crippen LogP contribution in [0, 0.1) is 0 Å². The SMILES string of the molecule is [O]=[Fe].c1cc[nH]c1. The summed E-state index contributed by atoms with van der Waals surface area (Å²) < 4.78 is 8.00. The molecule has 0 aromatic carbocycles. The first kappa shape index (κ1) is 6.60. The van der Waals surface area contributed by atoms with Gasteiger partial charge in [-0.25, -0.2) is 0 Å². The first-order chi connectivity index (χ1) is 3.50. The van der Waals surface area contributed by atoms with Gasteiger partial charge in [0.15, 0.2) is 0 Å². The first-order valence-electron chi connectivity index (χ1n) is 1.72. The summed E-state index contributed by atoms with van der Waals surface area (Å²) in [6.07, 6.45) is 3.75. The van der Waals surface area contributed by atoms with Gasteiger partial charge in [-0.1, -0.05) is 0 Å². The molecule has 1 heterocycles. The average molecular weight is 139 g/mol. The third kappa shape index (κ3) is 3.43. The van der Waals surface area contributed by atoms with E-state index in [1.165, 1.54) is 0 Å². The van der Waals surface area contributed by atoms with Crippen LogP contribution in [-0.4, -0.2) is 4.98 Å². The monoisotopic (exact) mass is 139 g/mol. The van der Waals surface area contributed by atoms with Gasteiger partial charge in [0, 0.05) is 12.4 Å². The quantitative estimate of drug-likeness (QED) is 0.532. The summed E-state index contributed by atoms with van der Waals surface area (Å²) in [6, 6.07) is 3.89. The minimum Gasteiger partial charge on any atom is -0.368 e. The van der Waals surface area contributed by atoms with Crippen LogP contribution in [0.4, 0.5) is 0 Å². The molecule has 0 amide bonds. The van der Waals surface area contributed by atoms with E-state index in [9.17, 15) is 0 Å². The van der Waals surface area contributed by atoms with Crippen molar-refractivity contribution < 1.29 is 19.8 Å². The molecule has 0 bridgehead atoms. The van der Waals surface area contributed by atoms with Gasteiger partial charge < -0.3 is 4.98 Å². The zero-order valence-corrected chi connectivity index (χ0v) is 4.68. The first-order valence-corrected chi connectivity index (χ1v) is 2.17. The smallest absolute Gasteiger partial charge is 0.000496 e. The minimum absolute atomic E-state index is 1.88. The van der Waals surface area contributed by atoms with E-state index < -0.39 is 0 Å². The maximum atomic E-state index is 8.00. The summed E-state index contributed by atoms with van der Waals surface area (Å²) >= 11 is 2.00. The maximum Gasteiger partial charge on any atom is 0.000496 e. The molecule has 1 rings (SSSR count). The van der Waals surface area contributed by atoms with E-state index in [0.29, 0.717) is 0 Å². The Balaban J connectivity index is 0.000000162. The van der Waals surface area contributed by atoms with Gasteiger partial charge in [-0.2, -0.15) is 0 Å². The zero-order valence-electron chi connectivity index (χ0n) is 3.57. The van der Waals surface area contributed by atoms with Gasteiger partial charge in [0.25, 0.3) is 0 Å². The number of H-pyrrole nitrogens is 1. The number of aromatic amines is 1. The Morgan fingerprint density at radius 3 is 1.71 bits per heavy atom. The van der Waals surface area contributed by atoms with Gasteiger partial charge >= 0.3 is 19.8 Å². The summed E-state index contributed by atoms with van der Waals surface area (Å²) in [6.45, 7) is 0. The Labute approximate surface area is 50.0 Å². The summed E-state index contributed by atoms with van der Waals surface area (Å²) in [5, 5.41) is 0. The fourth-order valence-corrected chi connectivity index (χ4v) is 0.278. The molecule has 0 spiro atoms. The molecule has 1 aromatic heterocycles. The van der Waals surface area contributed by atoms with E-state index in [1.807, 2.05) is 40.5 Å². The van der Waals surface area contributed by atoms with E-state index in [0.717, 1.165) is 0 Å². The van der Waals surface area contributed by atoms with E-state index in [4.69, 9.17) is 3.83 Å². The van der Waals surface area contributed by atoms with Crippen LogP contribution in [-0.2, 0) is 19.8 Å². The fraction of sp³-hybridized carbons (Fsp3) is 0. The van der Waals surface area contributed by atoms with E-state index >= 15 is 0 Å². The molecule has 7 heavy (non-hydrogen) atoms. The van der Waals surface area contributed by atoms with Gasteiger partial charge in [0.05, 0.1) is 0 Å². The summed E-state index contributed by atoms with van der Waals surface area (Å²) in [7, 11) is 0. The fourth-order valence-electron chi connectivity index (χ4n) is 0.278. The summed E-state index contributed by atoms with van der Waals surface area (Å²) in [5.74, 6) is 0. The summed E-state index contributed by atoms with van der Waals surface area (Å²) in [5.41, 5.74) is 0. The molecule has 0 atom stereocenters. The molecule has 0 aliphatic heterocycles. The molecule has 0 fully saturated rings. The molecule has 2 nitrogen and oxygen atoms in total. The predicted molar refractivity (Wildman–Crippen MR) is 21.5 cm³/mol. The van der Waals surface area contributed by atoms with E-state index in [2.05, 4.69) is 4.98 Å². The third-order valence-electron chi connectivity index (χ3n) is 0.496. The van der Waals surface area contributed by atoms with Crippen LogP contribution >= 0.6 is 0 Å². The number of hydrogen-bond acceptors (Lipinski definition) is 1. The van der Waals surface area contributed by atoms with Crippen molar-refractivity contribution in [2.75, 3.05) is 0 Å².